The molecule has 30 heavy (non-hydrogen) atoms. The van der Waals surface area contributed by atoms with Gasteiger partial charge in [-0.3, -0.25) is 4.79 Å². The molecule has 1 aliphatic rings. The second kappa shape index (κ2) is 7.69. The molecule has 0 amide bonds. The molecule has 154 valence electrons. The largest absolute Gasteiger partial charge is 0.342 e. The molecule has 0 saturated carbocycles. The highest BCUT2D eigenvalue weighted by molar-refractivity contribution is 6.00. The van der Waals surface area contributed by atoms with Crippen molar-refractivity contribution in [3.05, 3.63) is 76.6 Å². The molecule has 0 aliphatic carbocycles. The van der Waals surface area contributed by atoms with Crippen LogP contribution in [0.2, 0.25) is 0 Å². The van der Waals surface area contributed by atoms with E-state index in [1.807, 2.05) is 36.8 Å². The average Bonchev–Trinajstić information content (AvgIpc) is 3.24. The highest BCUT2D eigenvalue weighted by atomic mass is 19.1. The van der Waals surface area contributed by atoms with Gasteiger partial charge in [-0.25, -0.2) is 14.4 Å². The summed E-state index contributed by atoms with van der Waals surface area (Å²) in [5.74, 6) is 0.319. The van der Waals surface area contributed by atoms with Gasteiger partial charge in [0.25, 0.3) is 5.65 Å². The molecule has 2 N–H and O–H groups in total. The zero-order chi connectivity index (χ0) is 20.7. The molecule has 6 heteroatoms. The van der Waals surface area contributed by atoms with Crippen LogP contribution in [0.5, 0.6) is 0 Å². The zero-order valence-corrected chi connectivity index (χ0v) is 17.1. The van der Waals surface area contributed by atoms with E-state index >= 15 is 0 Å². The molecule has 0 bridgehead atoms. The van der Waals surface area contributed by atoms with Crippen molar-refractivity contribution in [1.82, 2.24) is 14.5 Å². The number of benzene rings is 1. The van der Waals surface area contributed by atoms with Gasteiger partial charge in [0.2, 0.25) is 0 Å². The van der Waals surface area contributed by atoms with Crippen LogP contribution in [0, 0.1) is 11.7 Å². The van der Waals surface area contributed by atoms with Crippen LogP contribution in [-0.2, 0) is 6.42 Å². The molecule has 2 atom stereocenters. The normalized spacial score (nSPS) is 20.2. The summed E-state index contributed by atoms with van der Waals surface area (Å²) in [5, 5.41) is 1.76. The van der Waals surface area contributed by atoms with Crippen molar-refractivity contribution in [2.24, 2.45) is 5.92 Å². The molecular formula is C24H26FN4O+. The molecule has 4 heterocycles. The van der Waals surface area contributed by atoms with Crippen molar-refractivity contribution in [1.29, 1.82) is 0 Å². The molecule has 0 unspecified atom stereocenters. The minimum atomic E-state index is -0.191. The first kappa shape index (κ1) is 19.0. The third-order valence-electron chi connectivity index (χ3n) is 6.52. The molecule has 5 nitrogen and oxygen atoms in total. The Labute approximate surface area is 174 Å². The summed E-state index contributed by atoms with van der Waals surface area (Å²) >= 11 is 0. The smallest absolute Gasteiger partial charge is 0.286 e. The summed E-state index contributed by atoms with van der Waals surface area (Å²) in [6, 6.07) is 10.8. The topological polar surface area (TPSA) is 55.2 Å². The van der Waals surface area contributed by atoms with Gasteiger partial charge in [0, 0.05) is 31.4 Å². The van der Waals surface area contributed by atoms with Crippen molar-refractivity contribution in [2.45, 2.75) is 25.8 Å². The van der Waals surface area contributed by atoms with Gasteiger partial charge in [-0.2, -0.15) is 0 Å². The van der Waals surface area contributed by atoms with E-state index < -0.39 is 0 Å². The summed E-state index contributed by atoms with van der Waals surface area (Å²) in [6.45, 7) is 5.24. The number of hydrogen-bond donors (Lipinski definition) is 1. The maximum atomic E-state index is 13.2. The Morgan fingerprint density at radius 3 is 2.83 bits per heavy atom. The first-order valence-corrected chi connectivity index (χ1v) is 10.6. The maximum absolute atomic E-state index is 13.2. The van der Waals surface area contributed by atoms with Crippen molar-refractivity contribution < 1.29 is 9.37 Å². The van der Waals surface area contributed by atoms with E-state index in [-0.39, 0.29) is 17.3 Å². The lowest BCUT2D eigenvalue weighted by molar-refractivity contribution is -0.345. The Kier molecular flexibility index (Phi) is 4.87. The van der Waals surface area contributed by atoms with E-state index in [1.54, 1.807) is 6.07 Å². The lowest BCUT2D eigenvalue weighted by Gasteiger charge is -2.39. The van der Waals surface area contributed by atoms with Crippen molar-refractivity contribution in [3.63, 3.8) is 0 Å². The lowest BCUT2D eigenvalue weighted by atomic mass is 9.92. The van der Waals surface area contributed by atoms with Gasteiger partial charge in [0.1, 0.15) is 12.0 Å². The Morgan fingerprint density at radius 2 is 2.00 bits per heavy atom. The third kappa shape index (κ3) is 3.41. The molecule has 4 aromatic rings. The molecule has 1 saturated heterocycles. The van der Waals surface area contributed by atoms with Crippen LogP contribution >= 0.6 is 0 Å². The Balaban J connectivity index is 1.46. The number of aromatic amines is 2. The van der Waals surface area contributed by atoms with Crippen LogP contribution in [0.25, 0.3) is 21.9 Å². The first-order valence-electron chi connectivity index (χ1n) is 10.6. The fourth-order valence-corrected chi connectivity index (χ4v) is 4.72. The maximum Gasteiger partial charge on any atom is 0.286 e. The van der Waals surface area contributed by atoms with Gasteiger partial charge in [0.15, 0.2) is 5.43 Å². The predicted molar refractivity (Wildman–Crippen MR) is 116 cm³/mol. The fourth-order valence-electron chi connectivity index (χ4n) is 4.72. The van der Waals surface area contributed by atoms with E-state index in [0.29, 0.717) is 5.92 Å². The predicted octanol–water partition coefficient (Wildman–Crippen LogP) is 3.56. The summed E-state index contributed by atoms with van der Waals surface area (Å²) in [6.07, 6.45) is 7.69. The average molecular weight is 405 g/mol. The van der Waals surface area contributed by atoms with E-state index in [4.69, 9.17) is 0 Å². The monoisotopic (exact) mass is 405 g/mol. The molecule has 3 aromatic heterocycles. The standard InChI is InChI=1S/C24H25FN4O/c1-16-7-11-28(12-8-17-2-4-18(25)5-3-17)15-21(16)29-13-9-22(30)20-14-27-24-19(23(20)29)6-10-26-24/h2-6,9-10,13-14,16,21H,7-8,11-12,15H2,1H3,(H,26,27)/p+1/t16-,21+/m1/s1. The zero-order valence-electron chi connectivity index (χ0n) is 17.1. The first-order chi connectivity index (χ1) is 14.6. The summed E-state index contributed by atoms with van der Waals surface area (Å²) < 4.78 is 15.5. The molecule has 1 aliphatic heterocycles. The van der Waals surface area contributed by atoms with E-state index in [9.17, 15) is 9.18 Å². The van der Waals surface area contributed by atoms with Crippen LogP contribution in [0.3, 0.4) is 0 Å². The minimum Gasteiger partial charge on any atom is -0.342 e. The van der Waals surface area contributed by atoms with E-state index in [0.717, 1.165) is 60.0 Å². The van der Waals surface area contributed by atoms with Gasteiger partial charge < -0.3 is 9.47 Å². The van der Waals surface area contributed by atoms with Crippen molar-refractivity contribution >= 4 is 21.9 Å². The second-order valence-electron chi connectivity index (χ2n) is 8.41. The summed E-state index contributed by atoms with van der Waals surface area (Å²) in [5.41, 5.74) is 3.12. The molecular weight excluding hydrogens is 379 g/mol. The van der Waals surface area contributed by atoms with Gasteiger partial charge in [-0.15, -0.1) is 0 Å². The fraction of sp³-hybridized carbons (Fsp3) is 0.333. The van der Waals surface area contributed by atoms with E-state index in [2.05, 4.69) is 26.4 Å². The number of hydrogen-bond acceptors (Lipinski definition) is 2. The Morgan fingerprint density at radius 1 is 1.17 bits per heavy atom. The van der Waals surface area contributed by atoms with Gasteiger partial charge in [0.05, 0.1) is 22.5 Å². The number of fused-ring (bicyclic) bond motifs is 3. The second-order valence-corrected chi connectivity index (χ2v) is 8.41. The summed E-state index contributed by atoms with van der Waals surface area (Å²) in [4.78, 5) is 21.4. The SMILES string of the molecule is C[C@@H]1CCN(CCc2ccc(F)cc2)C[C@@H]1n1ccc(=O)c2c[nH+]c3[nH]ccc3c21. The Bertz CT molecular complexity index is 1240. The number of piperidine rings is 1. The number of halogens is 1. The van der Waals surface area contributed by atoms with Crippen molar-refractivity contribution in [3.8, 4) is 0 Å². The third-order valence-corrected chi connectivity index (χ3v) is 6.52. The number of nitrogens with zero attached hydrogens (tertiary/aromatic N) is 2. The van der Waals surface area contributed by atoms with Crippen LogP contribution in [0.1, 0.15) is 24.9 Å². The molecule has 1 fully saturated rings. The quantitative estimate of drug-likeness (QED) is 0.564. The van der Waals surface area contributed by atoms with Gasteiger partial charge in [-0.1, -0.05) is 19.1 Å². The van der Waals surface area contributed by atoms with Crippen LogP contribution in [0.4, 0.5) is 4.39 Å². The number of aromatic nitrogens is 3. The summed E-state index contributed by atoms with van der Waals surface area (Å²) in [7, 11) is 0. The van der Waals surface area contributed by atoms with Crippen LogP contribution in [-0.4, -0.2) is 34.1 Å². The minimum absolute atomic E-state index is 0.0391. The highest BCUT2D eigenvalue weighted by Crippen LogP contribution is 2.31. The highest BCUT2D eigenvalue weighted by Gasteiger charge is 2.29. The number of rotatable bonds is 4. The number of nitrogens with one attached hydrogen (secondary N) is 2. The number of pyridine rings is 2. The molecule has 1 aromatic carbocycles. The molecule has 0 spiro atoms. The van der Waals surface area contributed by atoms with Crippen LogP contribution in [0.15, 0.2) is 59.8 Å². The van der Waals surface area contributed by atoms with Gasteiger partial charge in [-0.05, 0) is 49.1 Å². The van der Waals surface area contributed by atoms with E-state index in [1.165, 1.54) is 12.1 Å². The number of likely N-dealkylation sites (tertiary alicyclic amines) is 1. The molecule has 5 rings (SSSR count). The Hall–Kier alpha value is -2.99. The lowest BCUT2D eigenvalue weighted by Crippen LogP contribution is -2.42. The molecule has 0 radical (unpaired) electrons. The van der Waals surface area contributed by atoms with Crippen LogP contribution < -0.4 is 10.4 Å². The number of H-pyrrole nitrogens is 2. The van der Waals surface area contributed by atoms with Gasteiger partial charge >= 0.3 is 0 Å². The van der Waals surface area contributed by atoms with Crippen molar-refractivity contribution in [2.75, 3.05) is 19.6 Å².